The molecule has 1 amide bonds. The Morgan fingerprint density at radius 1 is 1.06 bits per heavy atom. The maximum atomic E-state index is 12.8. The molecular weight excluding hydrogens is 432 g/mol. The van der Waals surface area contributed by atoms with Crippen LogP contribution in [0, 0.1) is 0 Å². The van der Waals surface area contributed by atoms with Gasteiger partial charge in [-0.05, 0) is 24.3 Å². The second-order valence-electron chi connectivity index (χ2n) is 7.61. The number of rotatable bonds is 5. The fourth-order valence-electron chi connectivity index (χ4n) is 3.81. The van der Waals surface area contributed by atoms with E-state index in [4.69, 9.17) is 21.1 Å². The molecule has 4 aromatic rings. The highest BCUT2D eigenvalue weighted by molar-refractivity contribution is 7.13. The number of thiazole rings is 1. The lowest BCUT2D eigenvalue weighted by molar-refractivity contribution is -0.132. The van der Waals surface area contributed by atoms with Crippen molar-refractivity contribution in [3.05, 3.63) is 70.3 Å². The van der Waals surface area contributed by atoms with Crippen LogP contribution in [0.15, 0.2) is 58.4 Å². The lowest BCUT2D eigenvalue weighted by atomic mass is 10.1. The van der Waals surface area contributed by atoms with Crippen molar-refractivity contribution in [2.45, 2.75) is 13.0 Å². The van der Waals surface area contributed by atoms with Crippen molar-refractivity contribution in [3.63, 3.8) is 0 Å². The summed E-state index contributed by atoms with van der Waals surface area (Å²) in [6.45, 7) is 3.88. The molecule has 0 bridgehead atoms. The normalized spacial score (nSPS) is 14.9. The third-order valence-corrected chi connectivity index (χ3v) is 6.72. The Morgan fingerprint density at radius 3 is 2.65 bits per heavy atom. The van der Waals surface area contributed by atoms with Crippen LogP contribution in [-0.2, 0) is 17.8 Å². The highest BCUT2D eigenvalue weighted by Gasteiger charge is 2.23. The van der Waals surface area contributed by atoms with E-state index in [0.29, 0.717) is 18.8 Å². The average Bonchev–Trinajstić information content (AvgIpc) is 3.42. The number of para-hydroxylation sites is 1. The van der Waals surface area contributed by atoms with Crippen LogP contribution >= 0.6 is 22.9 Å². The van der Waals surface area contributed by atoms with E-state index in [1.807, 2.05) is 53.4 Å². The third-order valence-electron chi connectivity index (χ3n) is 5.52. The van der Waals surface area contributed by atoms with Gasteiger partial charge in [0.25, 0.3) is 0 Å². The predicted octanol–water partition coefficient (Wildman–Crippen LogP) is 4.49. The molecule has 0 radical (unpaired) electrons. The van der Waals surface area contributed by atoms with Gasteiger partial charge in [-0.3, -0.25) is 9.69 Å². The molecule has 8 heteroatoms. The van der Waals surface area contributed by atoms with E-state index in [9.17, 15) is 4.79 Å². The smallest absolute Gasteiger partial charge is 0.228 e. The Hall–Kier alpha value is -2.74. The van der Waals surface area contributed by atoms with E-state index in [0.717, 1.165) is 51.9 Å². The van der Waals surface area contributed by atoms with Crippen molar-refractivity contribution in [2.24, 2.45) is 0 Å². The number of aromatic nitrogens is 2. The number of hydrogen-bond acceptors (Lipinski definition) is 6. The summed E-state index contributed by atoms with van der Waals surface area (Å²) in [4.78, 5) is 21.8. The molecule has 0 atom stereocenters. The standard InChI is InChI=1S/C23H21ClN4O2S/c24-17-7-5-16(6-8-17)23-25-18(15-31-23)14-27-9-11-28(12-10-27)22(29)13-20-19-3-1-2-4-21(19)30-26-20/h1-8,15H,9-14H2. The molecule has 31 heavy (non-hydrogen) atoms. The minimum absolute atomic E-state index is 0.0948. The molecule has 158 valence electrons. The molecular formula is C23H21ClN4O2S. The van der Waals surface area contributed by atoms with Gasteiger partial charge in [-0.1, -0.05) is 41.0 Å². The van der Waals surface area contributed by atoms with E-state index in [-0.39, 0.29) is 12.3 Å². The van der Waals surface area contributed by atoms with E-state index in [2.05, 4.69) is 15.4 Å². The maximum absolute atomic E-state index is 12.8. The van der Waals surface area contributed by atoms with Crippen molar-refractivity contribution < 1.29 is 9.32 Å². The van der Waals surface area contributed by atoms with Crippen LogP contribution in [0.5, 0.6) is 0 Å². The van der Waals surface area contributed by atoms with Crippen LogP contribution in [-0.4, -0.2) is 52.0 Å². The van der Waals surface area contributed by atoms with Crippen LogP contribution < -0.4 is 0 Å². The summed E-state index contributed by atoms with van der Waals surface area (Å²) >= 11 is 7.62. The number of piperazine rings is 1. The van der Waals surface area contributed by atoms with Crippen LogP contribution in [0.2, 0.25) is 5.02 Å². The van der Waals surface area contributed by atoms with Gasteiger partial charge in [0.05, 0.1) is 12.1 Å². The minimum atomic E-state index is 0.0948. The van der Waals surface area contributed by atoms with E-state index < -0.39 is 0 Å². The molecule has 1 fully saturated rings. The monoisotopic (exact) mass is 452 g/mol. The number of carbonyl (C=O) groups is 1. The zero-order valence-corrected chi connectivity index (χ0v) is 18.4. The Bertz CT molecular complexity index is 1200. The molecule has 1 saturated heterocycles. The molecule has 1 aliphatic heterocycles. The van der Waals surface area contributed by atoms with Gasteiger partial charge < -0.3 is 9.42 Å². The average molecular weight is 453 g/mol. The van der Waals surface area contributed by atoms with Crippen LogP contribution in [0.1, 0.15) is 11.4 Å². The lowest BCUT2D eigenvalue weighted by Crippen LogP contribution is -2.48. The van der Waals surface area contributed by atoms with Crippen LogP contribution in [0.4, 0.5) is 0 Å². The molecule has 0 aliphatic carbocycles. The largest absolute Gasteiger partial charge is 0.356 e. The zero-order chi connectivity index (χ0) is 21.2. The first-order valence-electron chi connectivity index (χ1n) is 10.2. The summed E-state index contributed by atoms with van der Waals surface area (Å²) in [6.07, 6.45) is 0.271. The zero-order valence-electron chi connectivity index (χ0n) is 16.8. The van der Waals surface area contributed by atoms with Gasteiger partial charge in [0, 0.05) is 54.1 Å². The Morgan fingerprint density at radius 2 is 1.84 bits per heavy atom. The van der Waals surface area contributed by atoms with Crippen molar-refractivity contribution in [1.82, 2.24) is 19.9 Å². The minimum Gasteiger partial charge on any atom is -0.356 e. The molecule has 3 heterocycles. The Kier molecular flexibility index (Phi) is 5.72. The first-order valence-corrected chi connectivity index (χ1v) is 11.5. The predicted molar refractivity (Wildman–Crippen MR) is 122 cm³/mol. The second-order valence-corrected chi connectivity index (χ2v) is 8.90. The summed E-state index contributed by atoms with van der Waals surface area (Å²) in [5.41, 5.74) is 3.57. The molecule has 0 N–H and O–H groups in total. The third kappa shape index (κ3) is 4.49. The van der Waals surface area contributed by atoms with E-state index in [1.54, 1.807) is 11.3 Å². The van der Waals surface area contributed by atoms with Gasteiger partial charge in [-0.15, -0.1) is 11.3 Å². The highest BCUT2D eigenvalue weighted by atomic mass is 35.5. The number of nitrogens with zero attached hydrogens (tertiary/aromatic N) is 4. The van der Waals surface area contributed by atoms with E-state index in [1.165, 1.54) is 0 Å². The van der Waals surface area contributed by atoms with Gasteiger partial charge >= 0.3 is 0 Å². The number of hydrogen-bond donors (Lipinski definition) is 0. The van der Waals surface area contributed by atoms with Gasteiger partial charge in [0.2, 0.25) is 5.91 Å². The summed E-state index contributed by atoms with van der Waals surface area (Å²) in [5.74, 6) is 0.0948. The number of fused-ring (bicyclic) bond motifs is 1. The van der Waals surface area contributed by atoms with Crippen molar-refractivity contribution >= 4 is 39.8 Å². The molecule has 2 aromatic carbocycles. The Labute approximate surface area is 189 Å². The molecule has 6 nitrogen and oxygen atoms in total. The van der Waals surface area contributed by atoms with Crippen molar-refractivity contribution in [2.75, 3.05) is 26.2 Å². The number of halogens is 1. The molecule has 0 spiro atoms. The SMILES string of the molecule is O=C(Cc1noc2ccccc12)N1CCN(Cc2csc(-c3ccc(Cl)cc3)n2)CC1. The second kappa shape index (κ2) is 8.78. The van der Waals surface area contributed by atoms with E-state index >= 15 is 0 Å². The summed E-state index contributed by atoms with van der Waals surface area (Å²) in [6, 6.07) is 15.4. The number of carbonyl (C=O) groups excluding carboxylic acids is 1. The fraction of sp³-hybridized carbons (Fsp3) is 0.261. The number of amides is 1. The molecule has 5 rings (SSSR count). The molecule has 1 aliphatic rings. The lowest BCUT2D eigenvalue weighted by Gasteiger charge is -2.34. The Balaban J connectivity index is 1.15. The molecule has 2 aromatic heterocycles. The molecule has 0 unspecified atom stereocenters. The summed E-state index contributed by atoms with van der Waals surface area (Å²) in [5, 5.41) is 8.83. The number of benzene rings is 2. The van der Waals surface area contributed by atoms with Crippen molar-refractivity contribution in [3.8, 4) is 10.6 Å². The fourth-order valence-corrected chi connectivity index (χ4v) is 4.75. The maximum Gasteiger partial charge on any atom is 0.228 e. The first-order chi connectivity index (χ1) is 15.2. The quantitative estimate of drug-likeness (QED) is 0.446. The van der Waals surface area contributed by atoms with Crippen molar-refractivity contribution in [1.29, 1.82) is 0 Å². The summed E-state index contributed by atoms with van der Waals surface area (Å²) < 4.78 is 5.32. The topological polar surface area (TPSA) is 62.5 Å². The molecule has 0 saturated carbocycles. The van der Waals surface area contributed by atoms with Crippen LogP contribution in [0.3, 0.4) is 0 Å². The van der Waals surface area contributed by atoms with Gasteiger partial charge in [0.1, 0.15) is 10.7 Å². The van der Waals surface area contributed by atoms with Gasteiger partial charge in [-0.25, -0.2) is 4.98 Å². The summed E-state index contributed by atoms with van der Waals surface area (Å²) in [7, 11) is 0. The van der Waals surface area contributed by atoms with Crippen LogP contribution in [0.25, 0.3) is 21.5 Å². The highest BCUT2D eigenvalue weighted by Crippen LogP contribution is 2.26. The van der Waals surface area contributed by atoms with Gasteiger partial charge in [-0.2, -0.15) is 0 Å². The first kappa shape index (κ1) is 20.2. The van der Waals surface area contributed by atoms with Gasteiger partial charge in [0.15, 0.2) is 5.58 Å².